The molecule has 0 unspecified atom stereocenters. The summed E-state index contributed by atoms with van der Waals surface area (Å²) in [6.45, 7) is 2.11. The Morgan fingerprint density at radius 3 is 2.78 bits per heavy atom. The summed E-state index contributed by atoms with van der Waals surface area (Å²) in [5.74, 6) is 0. The quantitative estimate of drug-likeness (QED) is 0.772. The van der Waals surface area contributed by atoms with Crippen molar-refractivity contribution in [3.8, 4) is 0 Å². The lowest BCUT2D eigenvalue weighted by molar-refractivity contribution is 0.166. The van der Waals surface area contributed by atoms with Crippen molar-refractivity contribution in [2.45, 2.75) is 31.9 Å². The van der Waals surface area contributed by atoms with Crippen molar-refractivity contribution in [1.29, 1.82) is 0 Å². The maximum absolute atomic E-state index is 10.5. The van der Waals surface area contributed by atoms with Crippen LogP contribution in [0.3, 0.4) is 0 Å². The van der Waals surface area contributed by atoms with Gasteiger partial charge in [0, 0.05) is 23.2 Å². The number of pyridine rings is 1. The topological polar surface area (TPSA) is 45.1 Å². The zero-order valence-corrected chi connectivity index (χ0v) is 13.2. The van der Waals surface area contributed by atoms with Crippen molar-refractivity contribution < 1.29 is 5.11 Å². The summed E-state index contributed by atoms with van der Waals surface area (Å²) in [6, 6.07) is 18.5. The van der Waals surface area contributed by atoms with Gasteiger partial charge in [-0.05, 0) is 29.7 Å². The molecule has 2 aromatic carbocycles. The van der Waals surface area contributed by atoms with E-state index in [9.17, 15) is 5.11 Å². The van der Waals surface area contributed by atoms with Gasteiger partial charge in [-0.25, -0.2) is 0 Å². The molecule has 4 rings (SSSR count). The normalized spacial score (nSPS) is 19.7. The molecule has 1 heterocycles. The fourth-order valence-corrected chi connectivity index (χ4v) is 3.45. The summed E-state index contributed by atoms with van der Waals surface area (Å²) < 4.78 is 0. The van der Waals surface area contributed by atoms with Crippen LogP contribution in [0.15, 0.2) is 54.6 Å². The van der Waals surface area contributed by atoms with E-state index >= 15 is 0 Å². The molecule has 3 heteroatoms. The van der Waals surface area contributed by atoms with Crippen LogP contribution in [-0.4, -0.2) is 16.2 Å². The predicted octanol–water partition coefficient (Wildman–Crippen LogP) is 3.87. The van der Waals surface area contributed by atoms with Crippen molar-refractivity contribution >= 4 is 16.6 Å². The van der Waals surface area contributed by atoms with Gasteiger partial charge in [0.1, 0.15) is 0 Å². The molecule has 1 aliphatic rings. The number of para-hydroxylation sites is 1. The zero-order valence-electron chi connectivity index (χ0n) is 13.2. The zero-order chi connectivity index (χ0) is 15.8. The van der Waals surface area contributed by atoms with Crippen molar-refractivity contribution in [2.24, 2.45) is 0 Å². The van der Waals surface area contributed by atoms with Crippen LogP contribution in [0.1, 0.15) is 29.8 Å². The maximum Gasteiger partial charge on any atom is 0.0823 e. The van der Waals surface area contributed by atoms with Crippen LogP contribution in [0.4, 0.5) is 5.69 Å². The summed E-state index contributed by atoms with van der Waals surface area (Å²) in [6.07, 6.45) is 1.20. The minimum Gasteiger partial charge on any atom is -0.390 e. The van der Waals surface area contributed by atoms with Gasteiger partial charge < -0.3 is 10.4 Å². The van der Waals surface area contributed by atoms with Crippen molar-refractivity contribution in [3.63, 3.8) is 0 Å². The monoisotopic (exact) mass is 304 g/mol. The Labute approximate surface area is 136 Å². The van der Waals surface area contributed by atoms with Crippen LogP contribution >= 0.6 is 0 Å². The summed E-state index contributed by atoms with van der Waals surface area (Å²) in [5, 5.41) is 15.2. The van der Waals surface area contributed by atoms with Crippen LogP contribution in [0.2, 0.25) is 0 Å². The number of rotatable bonds is 3. The highest BCUT2D eigenvalue weighted by atomic mass is 16.3. The van der Waals surface area contributed by atoms with Crippen LogP contribution in [0, 0.1) is 0 Å². The molecule has 23 heavy (non-hydrogen) atoms. The second kappa shape index (κ2) is 5.67. The molecular formula is C20H20N2O. The Morgan fingerprint density at radius 2 is 1.91 bits per heavy atom. The van der Waals surface area contributed by atoms with E-state index < -0.39 is 6.10 Å². The molecule has 1 aliphatic carbocycles. The first-order valence-electron chi connectivity index (χ1n) is 8.17. The number of hydrogen-bond acceptors (Lipinski definition) is 3. The van der Waals surface area contributed by atoms with Gasteiger partial charge in [-0.15, -0.1) is 0 Å². The molecule has 0 radical (unpaired) electrons. The Kier molecular flexibility index (Phi) is 3.50. The van der Waals surface area contributed by atoms with Gasteiger partial charge in [-0.3, -0.25) is 4.98 Å². The van der Waals surface area contributed by atoms with E-state index in [1.807, 2.05) is 30.3 Å². The van der Waals surface area contributed by atoms with Gasteiger partial charge in [0.25, 0.3) is 0 Å². The Balaban J connectivity index is 1.78. The number of aliphatic hydroxyl groups is 1. The minimum atomic E-state index is -0.399. The largest absolute Gasteiger partial charge is 0.390 e. The van der Waals surface area contributed by atoms with Gasteiger partial charge in [-0.2, -0.15) is 0 Å². The highest BCUT2D eigenvalue weighted by molar-refractivity contribution is 5.91. The average Bonchev–Trinajstić information content (AvgIpc) is 2.90. The molecule has 0 spiro atoms. The molecule has 0 fully saturated rings. The summed E-state index contributed by atoms with van der Waals surface area (Å²) in [5.41, 5.74) is 5.53. The molecule has 0 saturated heterocycles. The van der Waals surface area contributed by atoms with E-state index in [2.05, 4.69) is 41.5 Å². The predicted molar refractivity (Wildman–Crippen MR) is 93.6 cm³/mol. The Morgan fingerprint density at radius 1 is 1.13 bits per heavy atom. The lowest BCUT2D eigenvalue weighted by Gasteiger charge is -2.21. The highest BCUT2D eigenvalue weighted by Gasteiger charge is 2.30. The summed E-state index contributed by atoms with van der Waals surface area (Å²) >= 11 is 0. The number of benzene rings is 2. The van der Waals surface area contributed by atoms with Crippen LogP contribution in [0.25, 0.3) is 10.9 Å². The number of aromatic nitrogens is 1. The van der Waals surface area contributed by atoms with Crippen LogP contribution in [0.5, 0.6) is 0 Å². The molecule has 116 valence electrons. The van der Waals surface area contributed by atoms with E-state index in [0.717, 1.165) is 28.7 Å². The fraction of sp³-hybridized carbons (Fsp3) is 0.250. The number of nitrogens with one attached hydrogen (secondary N) is 1. The lowest BCUT2D eigenvalue weighted by Crippen LogP contribution is -2.21. The van der Waals surface area contributed by atoms with Gasteiger partial charge in [0.15, 0.2) is 0 Å². The molecule has 3 aromatic rings. The van der Waals surface area contributed by atoms with E-state index in [0.29, 0.717) is 6.42 Å². The SMILES string of the molecule is CCc1cc(N[C@@H]2c3ccccc3C[C@@H]2O)c2ccccc2n1. The highest BCUT2D eigenvalue weighted by Crippen LogP contribution is 2.36. The van der Waals surface area contributed by atoms with Crippen LogP contribution in [-0.2, 0) is 12.8 Å². The first-order chi connectivity index (χ1) is 11.3. The fourth-order valence-electron chi connectivity index (χ4n) is 3.45. The summed E-state index contributed by atoms with van der Waals surface area (Å²) in [4.78, 5) is 4.69. The number of hydrogen-bond donors (Lipinski definition) is 2. The number of anilines is 1. The second-order valence-electron chi connectivity index (χ2n) is 6.12. The maximum atomic E-state index is 10.5. The van der Waals surface area contributed by atoms with Gasteiger partial charge >= 0.3 is 0 Å². The molecule has 0 bridgehead atoms. The molecule has 0 amide bonds. The molecule has 0 saturated carbocycles. The van der Waals surface area contributed by atoms with Gasteiger partial charge in [0.05, 0.1) is 17.7 Å². The third-order valence-electron chi connectivity index (χ3n) is 4.65. The molecular weight excluding hydrogens is 284 g/mol. The Hall–Kier alpha value is -2.39. The number of aryl methyl sites for hydroxylation is 1. The first kappa shape index (κ1) is 14.2. The smallest absolute Gasteiger partial charge is 0.0823 e. The molecule has 0 aliphatic heterocycles. The average molecular weight is 304 g/mol. The van der Waals surface area contributed by atoms with Crippen LogP contribution < -0.4 is 5.32 Å². The standard InChI is InChI=1S/C20H20N2O/c1-2-14-12-18(16-9-5-6-10-17(16)21-14)22-20-15-8-4-3-7-13(15)11-19(20)23/h3-10,12,19-20,23H,2,11H2,1H3,(H,21,22)/t19-,20+/m0/s1. The Bertz CT molecular complexity index is 859. The molecule has 2 N–H and O–H groups in total. The summed E-state index contributed by atoms with van der Waals surface area (Å²) in [7, 11) is 0. The molecule has 1 aromatic heterocycles. The minimum absolute atomic E-state index is 0.0679. The van der Waals surface area contributed by atoms with Crippen molar-refractivity contribution in [1.82, 2.24) is 4.98 Å². The lowest BCUT2D eigenvalue weighted by atomic mass is 10.1. The first-order valence-corrected chi connectivity index (χ1v) is 8.17. The third kappa shape index (κ3) is 2.47. The van der Waals surface area contributed by atoms with Crippen molar-refractivity contribution in [2.75, 3.05) is 5.32 Å². The molecule has 2 atom stereocenters. The van der Waals surface area contributed by atoms with E-state index in [4.69, 9.17) is 0 Å². The van der Waals surface area contributed by atoms with E-state index in [1.54, 1.807) is 0 Å². The van der Waals surface area contributed by atoms with Crippen molar-refractivity contribution in [3.05, 3.63) is 71.4 Å². The van der Waals surface area contributed by atoms with E-state index in [-0.39, 0.29) is 6.04 Å². The molecule has 3 nitrogen and oxygen atoms in total. The second-order valence-corrected chi connectivity index (χ2v) is 6.12. The number of fused-ring (bicyclic) bond motifs is 2. The van der Waals surface area contributed by atoms with E-state index in [1.165, 1.54) is 11.1 Å². The third-order valence-corrected chi connectivity index (χ3v) is 4.65. The number of nitrogens with zero attached hydrogens (tertiary/aromatic N) is 1. The number of aliphatic hydroxyl groups excluding tert-OH is 1. The van der Waals surface area contributed by atoms with Gasteiger partial charge in [0.2, 0.25) is 0 Å². The van der Waals surface area contributed by atoms with Gasteiger partial charge in [-0.1, -0.05) is 49.4 Å².